The summed E-state index contributed by atoms with van der Waals surface area (Å²) in [5.41, 5.74) is -0.0405. The van der Waals surface area contributed by atoms with Gasteiger partial charge in [0.15, 0.2) is 0 Å². The third-order valence-electron chi connectivity index (χ3n) is 10.0. The third kappa shape index (κ3) is 8.61. The van der Waals surface area contributed by atoms with E-state index in [9.17, 15) is 60.6 Å². The fourth-order valence-electron chi connectivity index (χ4n) is 6.87. The van der Waals surface area contributed by atoms with Crippen LogP contribution in [0.25, 0.3) is 33.4 Å². The van der Waals surface area contributed by atoms with Crippen LogP contribution in [0.15, 0.2) is 78.9 Å². The SMILES string of the molecule is CNC(=O)c1cccc(-c2ccc(-c3c(C(=O)OC)cc(-c4ccccc4OC4OC(CO)C(O)C(O)C4O)cc3[N+](=O)[O-])cc2OC2OC(CO)C(O)C(O)C2O)c1. The summed E-state index contributed by atoms with van der Waals surface area (Å²) < 4.78 is 28.2. The number of aliphatic hydroxyl groups excluding tert-OH is 8. The standard InChI is InChI=1S/C40H42N2O17/c1-41-37(51)20-7-5-6-18(12-20)23-11-10-19(15-27(23)57-40-36(50)34(48)32(46)29(17-44)59-40)30-24(38(52)55-2)13-21(14-25(30)42(53)54)22-8-3-4-9-26(22)56-39-35(49)33(47)31(45)28(16-43)58-39/h3-15,28-29,31-36,39-40,43-50H,16-17H2,1-2H3,(H,41,51). The Hall–Kier alpha value is -5.58. The average Bonchev–Trinajstić information content (AvgIpc) is 3.25. The van der Waals surface area contributed by atoms with E-state index in [2.05, 4.69) is 5.32 Å². The molecule has 1 amide bonds. The minimum absolute atomic E-state index is 0.0142. The van der Waals surface area contributed by atoms with Crippen LogP contribution in [-0.2, 0) is 14.2 Å². The van der Waals surface area contributed by atoms with Crippen LogP contribution in [0, 0.1) is 10.1 Å². The minimum atomic E-state index is -1.86. The van der Waals surface area contributed by atoms with Gasteiger partial charge in [-0.15, -0.1) is 0 Å². The van der Waals surface area contributed by atoms with E-state index in [1.165, 1.54) is 55.6 Å². The molecule has 10 atom stereocenters. The molecule has 19 heteroatoms. The van der Waals surface area contributed by atoms with Crippen molar-refractivity contribution in [2.45, 2.75) is 61.4 Å². The van der Waals surface area contributed by atoms with Crippen molar-refractivity contribution in [3.05, 3.63) is 100 Å². The number of methoxy groups -OCH3 is 1. The molecule has 0 aliphatic carbocycles. The van der Waals surface area contributed by atoms with Crippen molar-refractivity contribution < 1.29 is 79.0 Å². The number of nitro groups is 1. The van der Waals surface area contributed by atoms with Gasteiger partial charge >= 0.3 is 5.97 Å². The molecular formula is C40H42N2O17. The Kier molecular flexibility index (Phi) is 13.2. The summed E-state index contributed by atoms with van der Waals surface area (Å²) in [7, 11) is 2.51. The van der Waals surface area contributed by atoms with Gasteiger partial charge in [-0.1, -0.05) is 42.5 Å². The highest BCUT2D eigenvalue weighted by atomic mass is 16.7. The summed E-state index contributed by atoms with van der Waals surface area (Å²) in [5.74, 6) is -1.59. The highest BCUT2D eigenvalue weighted by molar-refractivity contribution is 6.02. The molecule has 10 unspecified atom stereocenters. The molecule has 4 aromatic carbocycles. The van der Waals surface area contributed by atoms with Gasteiger partial charge in [0.1, 0.15) is 60.3 Å². The van der Waals surface area contributed by atoms with Crippen LogP contribution < -0.4 is 14.8 Å². The molecule has 0 spiro atoms. The van der Waals surface area contributed by atoms with E-state index in [1.807, 2.05) is 0 Å². The molecular weight excluding hydrogens is 780 g/mol. The lowest BCUT2D eigenvalue weighted by Gasteiger charge is -2.39. The van der Waals surface area contributed by atoms with Crippen LogP contribution in [-0.4, -0.2) is 146 Å². The molecule has 6 rings (SSSR count). The predicted molar refractivity (Wildman–Crippen MR) is 203 cm³/mol. The number of hydrogen-bond donors (Lipinski definition) is 9. The number of ether oxygens (including phenoxy) is 5. The van der Waals surface area contributed by atoms with Gasteiger partial charge < -0.3 is 69.9 Å². The molecule has 4 aromatic rings. The fraction of sp³-hybridized carbons (Fsp3) is 0.350. The molecule has 19 nitrogen and oxygen atoms in total. The molecule has 9 N–H and O–H groups in total. The largest absolute Gasteiger partial charge is 0.465 e. The van der Waals surface area contributed by atoms with Crippen molar-refractivity contribution in [2.24, 2.45) is 0 Å². The molecule has 0 saturated carbocycles. The van der Waals surface area contributed by atoms with Crippen LogP contribution >= 0.6 is 0 Å². The van der Waals surface area contributed by atoms with Gasteiger partial charge in [-0.2, -0.15) is 0 Å². The van der Waals surface area contributed by atoms with Crippen molar-refractivity contribution in [1.29, 1.82) is 0 Å². The number of nitrogens with zero attached hydrogens (tertiary/aromatic N) is 1. The summed E-state index contributed by atoms with van der Waals surface area (Å²) >= 11 is 0. The first kappa shape index (κ1) is 43.0. The lowest BCUT2D eigenvalue weighted by atomic mass is 9.91. The Morgan fingerprint density at radius 3 is 1.86 bits per heavy atom. The van der Waals surface area contributed by atoms with E-state index in [-0.39, 0.29) is 50.4 Å². The average molecular weight is 823 g/mol. The molecule has 2 fully saturated rings. The van der Waals surface area contributed by atoms with Gasteiger partial charge in [0, 0.05) is 29.8 Å². The first-order chi connectivity index (χ1) is 28.2. The van der Waals surface area contributed by atoms with Gasteiger partial charge in [0.25, 0.3) is 11.6 Å². The number of amides is 1. The van der Waals surface area contributed by atoms with Gasteiger partial charge in [-0.25, -0.2) is 4.79 Å². The molecule has 2 aliphatic heterocycles. The van der Waals surface area contributed by atoms with Gasteiger partial charge in [-0.05, 0) is 47.0 Å². The Balaban J connectivity index is 1.50. The van der Waals surface area contributed by atoms with E-state index in [1.54, 1.807) is 24.3 Å². The maximum absolute atomic E-state index is 13.5. The lowest BCUT2D eigenvalue weighted by Crippen LogP contribution is -2.60. The van der Waals surface area contributed by atoms with Gasteiger partial charge in [0.2, 0.25) is 12.6 Å². The van der Waals surface area contributed by atoms with Crippen LogP contribution in [0.4, 0.5) is 5.69 Å². The Bertz CT molecular complexity index is 2180. The van der Waals surface area contributed by atoms with E-state index in [0.717, 1.165) is 13.2 Å². The normalized spacial score (nSPS) is 26.7. The minimum Gasteiger partial charge on any atom is -0.465 e. The fourth-order valence-corrected chi connectivity index (χ4v) is 6.87. The number of esters is 1. The van der Waals surface area contributed by atoms with E-state index >= 15 is 0 Å². The number of para-hydroxylation sites is 1. The van der Waals surface area contributed by atoms with E-state index in [4.69, 9.17) is 23.7 Å². The summed E-state index contributed by atoms with van der Waals surface area (Å²) in [6, 6.07) is 19.0. The van der Waals surface area contributed by atoms with Crippen LogP contribution in [0.3, 0.4) is 0 Å². The van der Waals surface area contributed by atoms with Crippen molar-refractivity contribution in [3.63, 3.8) is 0 Å². The Morgan fingerprint density at radius 1 is 0.695 bits per heavy atom. The van der Waals surface area contributed by atoms with Gasteiger partial charge in [-0.3, -0.25) is 14.9 Å². The zero-order valence-electron chi connectivity index (χ0n) is 31.4. The summed E-state index contributed by atoms with van der Waals surface area (Å²) in [5, 5.41) is 97.8. The molecule has 2 heterocycles. The highest BCUT2D eigenvalue weighted by Gasteiger charge is 2.46. The Labute approximate surface area is 335 Å². The second kappa shape index (κ2) is 18.1. The zero-order chi connectivity index (χ0) is 42.7. The van der Waals surface area contributed by atoms with Crippen LogP contribution in [0.2, 0.25) is 0 Å². The zero-order valence-corrected chi connectivity index (χ0v) is 31.4. The van der Waals surface area contributed by atoms with Crippen molar-refractivity contribution in [2.75, 3.05) is 27.4 Å². The molecule has 0 aromatic heterocycles. The topological polar surface area (TPSA) is 297 Å². The highest BCUT2D eigenvalue weighted by Crippen LogP contribution is 2.44. The second-order valence-electron chi connectivity index (χ2n) is 13.7. The first-order valence-electron chi connectivity index (χ1n) is 18.1. The quantitative estimate of drug-likeness (QED) is 0.0520. The number of aliphatic hydroxyl groups is 8. The smallest absolute Gasteiger partial charge is 0.338 e. The summed E-state index contributed by atoms with van der Waals surface area (Å²) in [6.45, 7) is -1.48. The molecule has 59 heavy (non-hydrogen) atoms. The number of carbonyl (C=O) groups is 2. The summed E-state index contributed by atoms with van der Waals surface area (Å²) in [6.07, 6.45) is -16.5. The molecule has 2 aliphatic rings. The molecule has 0 bridgehead atoms. The maximum atomic E-state index is 13.5. The molecule has 2 saturated heterocycles. The van der Waals surface area contributed by atoms with Crippen LogP contribution in [0.1, 0.15) is 20.7 Å². The molecule has 314 valence electrons. The number of benzene rings is 4. The summed E-state index contributed by atoms with van der Waals surface area (Å²) in [4.78, 5) is 38.2. The molecule has 0 radical (unpaired) electrons. The van der Waals surface area contributed by atoms with E-state index < -0.39 is 97.1 Å². The first-order valence-corrected chi connectivity index (χ1v) is 18.1. The van der Waals surface area contributed by atoms with Crippen LogP contribution in [0.5, 0.6) is 11.5 Å². The monoisotopic (exact) mass is 822 g/mol. The number of carbonyl (C=O) groups excluding carboxylic acids is 2. The van der Waals surface area contributed by atoms with Gasteiger partial charge in [0.05, 0.1) is 36.4 Å². The maximum Gasteiger partial charge on any atom is 0.338 e. The van der Waals surface area contributed by atoms with Crippen molar-refractivity contribution in [3.8, 4) is 44.9 Å². The second-order valence-corrected chi connectivity index (χ2v) is 13.7. The number of hydrogen-bond acceptors (Lipinski definition) is 17. The number of nitrogens with one attached hydrogen (secondary N) is 1. The van der Waals surface area contributed by atoms with Crippen molar-refractivity contribution in [1.82, 2.24) is 5.32 Å². The third-order valence-corrected chi connectivity index (χ3v) is 10.0. The predicted octanol–water partition coefficient (Wildman–Crippen LogP) is 0.0994. The Morgan fingerprint density at radius 2 is 1.29 bits per heavy atom. The number of rotatable bonds is 12. The van der Waals surface area contributed by atoms with Crippen molar-refractivity contribution >= 4 is 17.6 Å². The number of nitro benzene ring substituents is 1. The lowest BCUT2D eigenvalue weighted by molar-refractivity contribution is -0.384. The van der Waals surface area contributed by atoms with E-state index in [0.29, 0.717) is 5.56 Å².